The first-order chi connectivity index (χ1) is 9.83. The number of benzene rings is 1. The second-order valence-electron chi connectivity index (χ2n) is 6.15. The Bertz CT molecular complexity index is 694. The van der Waals surface area contributed by atoms with Crippen molar-refractivity contribution in [1.29, 1.82) is 0 Å². The molecule has 0 bridgehead atoms. The minimum absolute atomic E-state index is 0.165. The summed E-state index contributed by atoms with van der Waals surface area (Å²) in [7, 11) is 0. The van der Waals surface area contributed by atoms with Crippen LogP contribution in [0.2, 0.25) is 0 Å². The minimum atomic E-state index is 0.165. The number of fused-ring (bicyclic) bond motifs is 1. The molecule has 2 aliphatic rings. The number of hydrogen-bond donors (Lipinski definition) is 1. The standard InChI is InChI=1S/C17H20N2O/c20-17-16-6-5-13(12-3-4-12)10-14(16)7-9-19(17)15-2-1-8-18-11-15/h5-7,9-10,12,15,18H,1-4,8,11H2/t15-/m1/s1. The number of nitrogens with zero attached hydrogens (tertiary/aromatic N) is 1. The highest BCUT2D eigenvalue weighted by molar-refractivity contribution is 5.82. The van der Waals surface area contributed by atoms with Crippen LogP contribution >= 0.6 is 0 Å². The van der Waals surface area contributed by atoms with Crippen molar-refractivity contribution < 1.29 is 0 Å². The van der Waals surface area contributed by atoms with Crippen LogP contribution in [0.15, 0.2) is 35.3 Å². The molecule has 2 aromatic rings. The second-order valence-corrected chi connectivity index (χ2v) is 6.15. The lowest BCUT2D eigenvalue weighted by atomic mass is 10.0. The van der Waals surface area contributed by atoms with Crippen molar-refractivity contribution in [3.05, 3.63) is 46.4 Å². The number of rotatable bonds is 2. The molecule has 4 rings (SSSR count). The summed E-state index contributed by atoms with van der Waals surface area (Å²) in [4.78, 5) is 12.7. The number of hydrogen-bond acceptors (Lipinski definition) is 2. The van der Waals surface area contributed by atoms with Crippen LogP contribution in [0, 0.1) is 0 Å². The van der Waals surface area contributed by atoms with Gasteiger partial charge in [-0.25, -0.2) is 0 Å². The molecule has 20 heavy (non-hydrogen) atoms. The van der Waals surface area contributed by atoms with Crippen molar-refractivity contribution in [3.63, 3.8) is 0 Å². The van der Waals surface area contributed by atoms with E-state index in [1.54, 1.807) is 0 Å². The van der Waals surface area contributed by atoms with Crippen molar-refractivity contribution >= 4 is 10.8 Å². The van der Waals surface area contributed by atoms with E-state index < -0.39 is 0 Å². The van der Waals surface area contributed by atoms with Gasteiger partial charge in [0.05, 0.1) is 0 Å². The fourth-order valence-electron chi connectivity index (χ4n) is 3.31. The van der Waals surface area contributed by atoms with Gasteiger partial charge in [0.25, 0.3) is 5.56 Å². The zero-order valence-corrected chi connectivity index (χ0v) is 11.6. The van der Waals surface area contributed by atoms with Gasteiger partial charge in [-0.05, 0) is 61.2 Å². The van der Waals surface area contributed by atoms with Gasteiger partial charge in [-0.1, -0.05) is 12.1 Å². The molecule has 104 valence electrons. The van der Waals surface area contributed by atoms with Crippen molar-refractivity contribution in [2.24, 2.45) is 0 Å². The first-order valence-electron chi connectivity index (χ1n) is 7.68. The Morgan fingerprint density at radius 1 is 1.15 bits per heavy atom. The molecular weight excluding hydrogens is 248 g/mol. The monoisotopic (exact) mass is 268 g/mol. The van der Waals surface area contributed by atoms with Crippen molar-refractivity contribution in [2.75, 3.05) is 13.1 Å². The van der Waals surface area contributed by atoms with Gasteiger partial charge in [0, 0.05) is 24.2 Å². The summed E-state index contributed by atoms with van der Waals surface area (Å²) < 4.78 is 1.92. The molecule has 1 saturated heterocycles. The summed E-state index contributed by atoms with van der Waals surface area (Å²) in [6.07, 6.45) is 6.83. The zero-order chi connectivity index (χ0) is 13.5. The molecule has 1 N–H and O–H groups in total. The third kappa shape index (κ3) is 2.06. The summed E-state index contributed by atoms with van der Waals surface area (Å²) in [5.41, 5.74) is 1.56. The third-order valence-electron chi connectivity index (χ3n) is 4.67. The largest absolute Gasteiger partial charge is 0.315 e. The zero-order valence-electron chi connectivity index (χ0n) is 11.6. The van der Waals surface area contributed by atoms with Crippen LogP contribution < -0.4 is 10.9 Å². The van der Waals surface area contributed by atoms with Gasteiger partial charge >= 0.3 is 0 Å². The number of aromatic nitrogens is 1. The predicted molar refractivity (Wildman–Crippen MR) is 81.3 cm³/mol. The molecule has 2 heterocycles. The van der Waals surface area contributed by atoms with E-state index in [9.17, 15) is 4.79 Å². The Morgan fingerprint density at radius 2 is 2.05 bits per heavy atom. The molecule has 1 aliphatic carbocycles. The molecular formula is C17H20N2O. The maximum Gasteiger partial charge on any atom is 0.258 e. The van der Waals surface area contributed by atoms with Gasteiger partial charge in [-0.3, -0.25) is 4.79 Å². The van der Waals surface area contributed by atoms with Gasteiger partial charge in [0.15, 0.2) is 0 Å². The molecule has 1 atom stereocenters. The molecule has 0 amide bonds. The molecule has 0 spiro atoms. The van der Waals surface area contributed by atoms with Crippen LogP contribution in [-0.2, 0) is 0 Å². The average molecular weight is 268 g/mol. The highest BCUT2D eigenvalue weighted by Crippen LogP contribution is 2.40. The van der Waals surface area contributed by atoms with Gasteiger partial charge in [-0.15, -0.1) is 0 Å². The molecule has 1 aromatic heterocycles. The summed E-state index contributed by atoms with van der Waals surface area (Å²) >= 11 is 0. The SMILES string of the molecule is O=c1c2ccc(C3CC3)cc2ccn1[C@@H]1CCCNC1. The van der Waals surface area contributed by atoms with Crippen LogP contribution in [0.5, 0.6) is 0 Å². The van der Waals surface area contributed by atoms with Gasteiger partial charge < -0.3 is 9.88 Å². The average Bonchev–Trinajstić information content (AvgIpc) is 3.33. The van der Waals surface area contributed by atoms with Crippen LogP contribution in [0.1, 0.15) is 43.2 Å². The maximum absolute atomic E-state index is 12.7. The van der Waals surface area contributed by atoms with Crippen molar-refractivity contribution in [2.45, 2.75) is 37.6 Å². The highest BCUT2D eigenvalue weighted by Gasteiger charge is 2.24. The molecule has 1 aliphatic heterocycles. The molecule has 3 heteroatoms. The summed E-state index contributed by atoms with van der Waals surface area (Å²) in [6.45, 7) is 1.98. The van der Waals surface area contributed by atoms with E-state index in [4.69, 9.17) is 0 Å². The van der Waals surface area contributed by atoms with Crippen molar-refractivity contribution in [1.82, 2.24) is 9.88 Å². The van der Waals surface area contributed by atoms with Crippen LogP contribution in [-0.4, -0.2) is 17.7 Å². The molecule has 2 fully saturated rings. The summed E-state index contributed by atoms with van der Waals surface area (Å²) in [5, 5.41) is 5.34. The molecule has 1 saturated carbocycles. The van der Waals surface area contributed by atoms with E-state index in [0.29, 0.717) is 6.04 Å². The van der Waals surface area contributed by atoms with E-state index in [0.717, 1.165) is 42.6 Å². The van der Waals surface area contributed by atoms with E-state index >= 15 is 0 Å². The molecule has 0 unspecified atom stereocenters. The van der Waals surface area contributed by atoms with Crippen molar-refractivity contribution in [3.8, 4) is 0 Å². The van der Waals surface area contributed by atoms with Gasteiger partial charge in [0.2, 0.25) is 0 Å². The Kier molecular flexibility index (Phi) is 2.88. The normalized spacial score (nSPS) is 23.1. The van der Waals surface area contributed by atoms with E-state index in [-0.39, 0.29) is 5.56 Å². The Balaban J connectivity index is 1.78. The van der Waals surface area contributed by atoms with Crippen LogP contribution in [0.3, 0.4) is 0 Å². The fourth-order valence-corrected chi connectivity index (χ4v) is 3.31. The lowest BCUT2D eigenvalue weighted by Gasteiger charge is -2.25. The summed E-state index contributed by atoms with van der Waals surface area (Å²) in [6, 6.07) is 8.79. The predicted octanol–water partition coefficient (Wildman–Crippen LogP) is 2.80. The van der Waals surface area contributed by atoms with Gasteiger partial charge in [0.1, 0.15) is 0 Å². The van der Waals surface area contributed by atoms with Crippen LogP contribution in [0.4, 0.5) is 0 Å². The maximum atomic E-state index is 12.7. The smallest absolute Gasteiger partial charge is 0.258 e. The van der Waals surface area contributed by atoms with Gasteiger partial charge in [-0.2, -0.15) is 0 Å². The van der Waals surface area contributed by atoms with E-state index in [1.807, 2.05) is 16.8 Å². The fraction of sp³-hybridized carbons (Fsp3) is 0.471. The van der Waals surface area contributed by atoms with E-state index in [2.05, 4.69) is 23.5 Å². The molecule has 1 aromatic carbocycles. The second kappa shape index (κ2) is 4.74. The minimum Gasteiger partial charge on any atom is -0.315 e. The first-order valence-corrected chi connectivity index (χ1v) is 7.68. The van der Waals surface area contributed by atoms with Crippen LogP contribution in [0.25, 0.3) is 10.8 Å². The Hall–Kier alpha value is -1.61. The number of pyridine rings is 1. The highest BCUT2D eigenvalue weighted by atomic mass is 16.1. The Morgan fingerprint density at radius 3 is 2.80 bits per heavy atom. The van der Waals surface area contributed by atoms with E-state index in [1.165, 1.54) is 18.4 Å². The quantitative estimate of drug-likeness (QED) is 0.908. The molecule has 0 radical (unpaired) electrons. The summed E-state index contributed by atoms with van der Waals surface area (Å²) in [5.74, 6) is 0.740. The number of piperidine rings is 1. The number of nitrogens with one attached hydrogen (secondary N) is 1. The molecule has 3 nitrogen and oxygen atoms in total. The third-order valence-corrected chi connectivity index (χ3v) is 4.67. The first kappa shape index (κ1) is 12.2. The lowest BCUT2D eigenvalue weighted by molar-refractivity contribution is 0.365. The Labute approximate surface area is 118 Å². The topological polar surface area (TPSA) is 34.0 Å². The lowest BCUT2D eigenvalue weighted by Crippen LogP contribution is -2.36.